The molecule has 0 fully saturated rings. The highest BCUT2D eigenvalue weighted by Gasteiger charge is 2.21. The molecule has 0 bridgehead atoms. The van der Waals surface area contributed by atoms with Crippen LogP contribution in [-0.4, -0.2) is 41.9 Å². The lowest BCUT2D eigenvalue weighted by Crippen LogP contribution is -2.38. The summed E-state index contributed by atoms with van der Waals surface area (Å²) in [7, 11) is 1.54. The van der Waals surface area contributed by atoms with Gasteiger partial charge in [-0.05, 0) is 18.6 Å². The zero-order valence-corrected chi connectivity index (χ0v) is 15.1. The molecule has 1 heterocycles. The van der Waals surface area contributed by atoms with Crippen molar-refractivity contribution >= 4 is 28.8 Å². The Hall–Kier alpha value is -2.45. The van der Waals surface area contributed by atoms with Crippen molar-refractivity contribution in [1.82, 2.24) is 9.88 Å². The highest BCUT2D eigenvalue weighted by atomic mass is 32.1. The maximum Gasteiger partial charge on any atom is 0.273 e. The number of hydrogen-bond donors (Lipinski definition) is 2. The van der Waals surface area contributed by atoms with E-state index < -0.39 is 0 Å². The summed E-state index contributed by atoms with van der Waals surface area (Å²) in [6.07, 6.45) is 0.738. The van der Waals surface area contributed by atoms with Crippen molar-refractivity contribution < 1.29 is 14.3 Å². The number of rotatable bonds is 8. The SMILES string of the molecule is CCCN(CC(=O)Nc1ccccc1OC)C(=O)c1csc(CN)n1. The predicted octanol–water partition coefficient (Wildman–Crippen LogP) is 2.10. The number of anilines is 1. The maximum atomic E-state index is 12.6. The van der Waals surface area contributed by atoms with Gasteiger partial charge in [0, 0.05) is 18.5 Å². The number of hydrogen-bond acceptors (Lipinski definition) is 6. The van der Waals surface area contributed by atoms with Crippen molar-refractivity contribution in [3.05, 3.63) is 40.3 Å². The molecule has 8 heteroatoms. The van der Waals surface area contributed by atoms with E-state index in [4.69, 9.17) is 10.5 Å². The van der Waals surface area contributed by atoms with Gasteiger partial charge in [-0.25, -0.2) is 4.98 Å². The minimum Gasteiger partial charge on any atom is -0.495 e. The maximum absolute atomic E-state index is 12.6. The van der Waals surface area contributed by atoms with Crippen molar-refractivity contribution in [2.45, 2.75) is 19.9 Å². The Balaban J connectivity index is 2.07. The number of methoxy groups -OCH3 is 1. The Labute approximate surface area is 150 Å². The molecule has 0 radical (unpaired) electrons. The van der Waals surface area contributed by atoms with Gasteiger partial charge in [0.1, 0.15) is 23.0 Å². The molecule has 25 heavy (non-hydrogen) atoms. The van der Waals surface area contributed by atoms with Crippen LogP contribution in [0.5, 0.6) is 5.75 Å². The molecule has 134 valence electrons. The van der Waals surface area contributed by atoms with E-state index in [1.807, 2.05) is 13.0 Å². The van der Waals surface area contributed by atoms with E-state index >= 15 is 0 Å². The van der Waals surface area contributed by atoms with Crippen LogP contribution in [0.25, 0.3) is 0 Å². The first kappa shape index (κ1) is 18.9. The molecule has 0 saturated carbocycles. The standard InChI is InChI=1S/C17H22N4O3S/c1-3-8-21(17(23)13-11-25-16(9-18)20-13)10-15(22)19-12-6-4-5-7-14(12)24-2/h4-7,11H,3,8-10,18H2,1-2H3,(H,19,22). The number of carbonyl (C=O) groups is 2. The second-order valence-electron chi connectivity index (χ2n) is 5.31. The van der Waals surface area contributed by atoms with E-state index in [2.05, 4.69) is 10.3 Å². The average Bonchev–Trinajstić information content (AvgIpc) is 3.10. The topological polar surface area (TPSA) is 97.6 Å². The summed E-state index contributed by atoms with van der Waals surface area (Å²) in [6.45, 7) is 2.65. The molecule has 2 rings (SSSR count). The molecule has 3 N–H and O–H groups in total. The van der Waals surface area contributed by atoms with Crippen LogP contribution in [0.2, 0.25) is 0 Å². The average molecular weight is 362 g/mol. The number of ether oxygens (including phenoxy) is 1. The normalized spacial score (nSPS) is 10.4. The van der Waals surface area contributed by atoms with Crippen LogP contribution < -0.4 is 15.8 Å². The lowest BCUT2D eigenvalue weighted by atomic mass is 10.3. The minimum absolute atomic E-state index is 0.0554. The monoisotopic (exact) mass is 362 g/mol. The van der Waals surface area contributed by atoms with Crippen LogP contribution in [0.3, 0.4) is 0 Å². The molecule has 2 amide bonds. The van der Waals surface area contributed by atoms with Gasteiger partial charge in [0.15, 0.2) is 0 Å². The molecule has 0 unspecified atom stereocenters. The second kappa shape index (κ2) is 9.14. The van der Waals surface area contributed by atoms with E-state index in [1.165, 1.54) is 23.3 Å². The second-order valence-corrected chi connectivity index (χ2v) is 6.25. The Morgan fingerprint density at radius 3 is 2.76 bits per heavy atom. The molecule has 7 nitrogen and oxygen atoms in total. The van der Waals surface area contributed by atoms with Crippen LogP contribution >= 0.6 is 11.3 Å². The molecule has 1 aromatic heterocycles. The smallest absolute Gasteiger partial charge is 0.273 e. The third-order valence-corrected chi connectivity index (χ3v) is 4.31. The summed E-state index contributed by atoms with van der Waals surface area (Å²) in [6, 6.07) is 7.13. The van der Waals surface area contributed by atoms with E-state index in [0.717, 1.165) is 6.42 Å². The third kappa shape index (κ3) is 5.01. The first-order valence-electron chi connectivity index (χ1n) is 7.95. The zero-order valence-electron chi connectivity index (χ0n) is 14.3. The quantitative estimate of drug-likeness (QED) is 0.749. The fraction of sp³-hybridized carbons (Fsp3) is 0.353. The number of aromatic nitrogens is 1. The van der Waals surface area contributed by atoms with Gasteiger partial charge in [-0.3, -0.25) is 9.59 Å². The van der Waals surface area contributed by atoms with E-state index in [0.29, 0.717) is 35.2 Å². The van der Waals surface area contributed by atoms with Gasteiger partial charge >= 0.3 is 0 Å². The van der Waals surface area contributed by atoms with E-state index in [9.17, 15) is 9.59 Å². The Morgan fingerprint density at radius 1 is 1.36 bits per heavy atom. The summed E-state index contributed by atoms with van der Waals surface area (Å²) < 4.78 is 5.21. The van der Waals surface area contributed by atoms with Gasteiger partial charge in [-0.2, -0.15) is 0 Å². The highest BCUT2D eigenvalue weighted by molar-refractivity contribution is 7.09. The van der Waals surface area contributed by atoms with Gasteiger partial charge in [-0.1, -0.05) is 19.1 Å². The number of carbonyl (C=O) groups excluding carboxylic acids is 2. The predicted molar refractivity (Wildman–Crippen MR) is 97.8 cm³/mol. The Bertz CT molecular complexity index is 732. The number of para-hydroxylation sites is 2. The summed E-state index contributed by atoms with van der Waals surface area (Å²) >= 11 is 1.34. The fourth-order valence-electron chi connectivity index (χ4n) is 2.30. The van der Waals surface area contributed by atoms with Gasteiger partial charge < -0.3 is 20.7 Å². The van der Waals surface area contributed by atoms with Gasteiger partial charge in [0.25, 0.3) is 5.91 Å². The molecule has 2 aromatic rings. The summed E-state index contributed by atoms with van der Waals surface area (Å²) in [5.41, 5.74) is 6.43. The fourth-order valence-corrected chi connectivity index (χ4v) is 2.95. The Kier molecular flexibility index (Phi) is 6.91. The van der Waals surface area contributed by atoms with Crippen LogP contribution in [0, 0.1) is 0 Å². The van der Waals surface area contributed by atoms with E-state index in [-0.39, 0.29) is 18.4 Å². The lowest BCUT2D eigenvalue weighted by Gasteiger charge is -2.21. The summed E-state index contributed by atoms with van der Waals surface area (Å²) in [5, 5.41) is 5.14. The number of thiazole rings is 1. The van der Waals surface area contributed by atoms with Crippen LogP contribution in [0.15, 0.2) is 29.6 Å². The van der Waals surface area contributed by atoms with Crippen molar-refractivity contribution in [2.24, 2.45) is 5.73 Å². The molecule has 0 aliphatic carbocycles. The first-order chi connectivity index (χ1) is 12.1. The minimum atomic E-state index is -0.291. The number of amides is 2. The summed E-state index contributed by atoms with van der Waals surface area (Å²) in [5.74, 6) is 0.00450. The lowest BCUT2D eigenvalue weighted by molar-refractivity contribution is -0.116. The molecular weight excluding hydrogens is 340 g/mol. The zero-order chi connectivity index (χ0) is 18.2. The highest BCUT2D eigenvalue weighted by Crippen LogP contribution is 2.23. The van der Waals surface area contributed by atoms with Crippen LogP contribution in [-0.2, 0) is 11.3 Å². The van der Waals surface area contributed by atoms with Crippen molar-refractivity contribution in [3.8, 4) is 5.75 Å². The molecule has 1 aromatic carbocycles. The number of benzene rings is 1. The molecular formula is C17H22N4O3S. The van der Waals surface area contributed by atoms with Crippen molar-refractivity contribution in [2.75, 3.05) is 25.5 Å². The molecule has 0 aliphatic rings. The first-order valence-corrected chi connectivity index (χ1v) is 8.83. The molecule has 0 saturated heterocycles. The van der Waals surface area contributed by atoms with Gasteiger partial charge in [0.05, 0.1) is 12.8 Å². The number of nitrogens with zero attached hydrogens (tertiary/aromatic N) is 2. The van der Waals surface area contributed by atoms with Crippen molar-refractivity contribution in [1.29, 1.82) is 0 Å². The van der Waals surface area contributed by atoms with E-state index in [1.54, 1.807) is 23.6 Å². The molecule has 0 atom stereocenters. The van der Waals surface area contributed by atoms with Crippen molar-refractivity contribution in [3.63, 3.8) is 0 Å². The number of nitrogens with two attached hydrogens (primary N) is 1. The van der Waals surface area contributed by atoms with Crippen LogP contribution in [0.4, 0.5) is 5.69 Å². The van der Waals surface area contributed by atoms with Crippen LogP contribution in [0.1, 0.15) is 28.8 Å². The van der Waals surface area contributed by atoms with Gasteiger partial charge in [-0.15, -0.1) is 11.3 Å². The van der Waals surface area contributed by atoms with Gasteiger partial charge in [0.2, 0.25) is 5.91 Å². The number of nitrogens with one attached hydrogen (secondary N) is 1. The third-order valence-electron chi connectivity index (χ3n) is 3.44. The summed E-state index contributed by atoms with van der Waals surface area (Å²) in [4.78, 5) is 30.7. The largest absolute Gasteiger partial charge is 0.495 e. The molecule has 0 spiro atoms. The Morgan fingerprint density at radius 2 is 2.12 bits per heavy atom. The molecule has 0 aliphatic heterocycles.